The van der Waals surface area contributed by atoms with Gasteiger partial charge in [-0.05, 0) is 19.6 Å². The van der Waals surface area contributed by atoms with Crippen LogP contribution >= 0.6 is 11.8 Å². The first-order valence-corrected chi connectivity index (χ1v) is 5.40. The lowest BCUT2D eigenvalue weighted by Gasteiger charge is -2.02. The molecular weight excluding hydrogens is 188 g/mol. The Balaban J connectivity index is 2.84. The van der Waals surface area contributed by atoms with Crippen molar-refractivity contribution in [1.82, 2.24) is 0 Å². The van der Waals surface area contributed by atoms with Gasteiger partial charge in [0.2, 0.25) is 0 Å². The molecule has 0 aromatic heterocycles. The maximum atomic E-state index is 11.3. The average Bonchev–Trinajstić information content (AvgIpc) is 2.47. The Morgan fingerprint density at radius 3 is 2.77 bits per heavy atom. The minimum Gasteiger partial charge on any atom is -0.462 e. The molecule has 0 aromatic rings. The molecule has 3 nitrogen and oxygen atoms in total. The zero-order chi connectivity index (χ0) is 9.84. The van der Waals surface area contributed by atoms with Crippen LogP contribution in [0.25, 0.3) is 0 Å². The van der Waals surface area contributed by atoms with Crippen molar-refractivity contribution in [2.45, 2.75) is 19.8 Å². The summed E-state index contributed by atoms with van der Waals surface area (Å²) < 4.78 is 4.80. The lowest BCUT2D eigenvalue weighted by Crippen LogP contribution is -2.13. The van der Waals surface area contributed by atoms with E-state index >= 15 is 0 Å². The van der Waals surface area contributed by atoms with Crippen molar-refractivity contribution < 1.29 is 14.3 Å². The van der Waals surface area contributed by atoms with Gasteiger partial charge in [-0.15, -0.1) is 11.8 Å². The Hall–Kier alpha value is -0.770. The van der Waals surface area contributed by atoms with Crippen LogP contribution in [-0.2, 0) is 14.3 Å². The van der Waals surface area contributed by atoms with E-state index in [-0.39, 0.29) is 11.4 Å². The number of rotatable bonds is 3. The van der Waals surface area contributed by atoms with Crippen molar-refractivity contribution in [2.75, 3.05) is 12.9 Å². The number of ether oxygens (including phenoxy) is 1. The van der Waals surface area contributed by atoms with Gasteiger partial charge in [0, 0.05) is 11.3 Å². The SMILES string of the molecule is CCOC(=O)C1=C(SC)CCC1=O. The van der Waals surface area contributed by atoms with E-state index in [0.29, 0.717) is 19.4 Å². The highest BCUT2D eigenvalue weighted by atomic mass is 32.2. The molecule has 0 aromatic carbocycles. The van der Waals surface area contributed by atoms with E-state index < -0.39 is 5.97 Å². The van der Waals surface area contributed by atoms with Crippen LogP contribution in [0, 0.1) is 0 Å². The van der Waals surface area contributed by atoms with Gasteiger partial charge in [0.1, 0.15) is 5.57 Å². The second-order valence-corrected chi connectivity index (χ2v) is 3.55. The Kier molecular flexibility index (Phi) is 3.54. The van der Waals surface area contributed by atoms with Crippen molar-refractivity contribution in [3.63, 3.8) is 0 Å². The molecule has 1 aliphatic carbocycles. The van der Waals surface area contributed by atoms with Gasteiger partial charge in [0.05, 0.1) is 6.61 Å². The molecule has 0 saturated heterocycles. The Morgan fingerprint density at radius 1 is 1.54 bits per heavy atom. The fraction of sp³-hybridized carbons (Fsp3) is 0.556. The minimum atomic E-state index is -0.464. The Morgan fingerprint density at radius 2 is 2.23 bits per heavy atom. The summed E-state index contributed by atoms with van der Waals surface area (Å²) in [5.74, 6) is -0.544. The maximum absolute atomic E-state index is 11.3. The molecule has 4 heteroatoms. The number of allylic oxidation sites excluding steroid dienone is 1. The van der Waals surface area contributed by atoms with Gasteiger partial charge in [-0.3, -0.25) is 4.79 Å². The van der Waals surface area contributed by atoms with E-state index in [4.69, 9.17) is 4.74 Å². The molecule has 72 valence electrons. The van der Waals surface area contributed by atoms with Crippen LogP contribution in [0.1, 0.15) is 19.8 Å². The molecule has 13 heavy (non-hydrogen) atoms. The van der Waals surface area contributed by atoms with Gasteiger partial charge in [0.25, 0.3) is 0 Å². The summed E-state index contributed by atoms with van der Waals surface area (Å²) in [7, 11) is 0. The van der Waals surface area contributed by atoms with Gasteiger partial charge in [-0.2, -0.15) is 0 Å². The summed E-state index contributed by atoms with van der Waals surface area (Å²) in [6, 6.07) is 0. The average molecular weight is 200 g/mol. The number of carbonyl (C=O) groups is 2. The third-order valence-corrected chi connectivity index (χ3v) is 2.76. The van der Waals surface area contributed by atoms with Crippen molar-refractivity contribution in [1.29, 1.82) is 0 Å². The van der Waals surface area contributed by atoms with Crippen LogP contribution in [0.15, 0.2) is 10.5 Å². The summed E-state index contributed by atoms with van der Waals surface area (Å²) in [5.41, 5.74) is 0.273. The molecule has 0 unspecified atom stereocenters. The first kappa shape index (κ1) is 10.3. The summed E-state index contributed by atoms with van der Waals surface area (Å²) in [6.07, 6.45) is 3.01. The van der Waals surface area contributed by atoms with E-state index in [1.807, 2.05) is 6.26 Å². The van der Waals surface area contributed by atoms with E-state index in [1.54, 1.807) is 6.92 Å². The predicted octanol–water partition coefficient (Wildman–Crippen LogP) is 1.53. The molecule has 0 atom stereocenters. The second kappa shape index (κ2) is 4.46. The molecule has 0 bridgehead atoms. The lowest BCUT2D eigenvalue weighted by molar-refractivity contribution is -0.139. The summed E-state index contributed by atoms with van der Waals surface area (Å²) in [4.78, 5) is 23.5. The highest BCUT2D eigenvalue weighted by Crippen LogP contribution is 2.31. The smallest absolute Gasteiger partial charge is 0.342 e. The molecule has 0 radical (unpaired) electrons. The normalized spacial score (nSPS) is 16.6. The monoisotopic (exact) mass is 200 g/mol. The zero-order valence-electron chi connectivity index (χ0n) is 7.75. The lowest BCUT2D eigenvalue weighted by atomic mass is 10.2. The van der Waals surface area contributed by atoms with Gasteiger partial charge in [-0.1, -0.05) is 0 Å². The second-order valence-electron chi connectivity index (χ2n) is 2.65. The van der Waals surface area contributed by atoms with Crippen molar-refractivity contribution in [2.24, 2.45) is 0 Å². The standard InChI is InChI=1S/C9H12O3S/c1-3-12-9(11)8-6(10)4-5-7(8)13-2/h3-5H2,1-2H3. The number of hydrogen-bond donors (Lipinski definition) is 0. The van der Waals surface area contributed by atoms with Gasteiger partial charge in [0.15, 0.2) is 5.78 Å². The predicted molar refractivity (Wildman–Crippen MR) is 51.4 cm³/mol. The van der Waals surface area contributed by atoms with Crippen LogP contribution < -0.4 is 0 Å². The van der Waals surface area contributed by atoms with Crippen LogP contribution in [0.5, 0.6) is 0 Å². The summed E-state index contributed by atoms with van der Waals surface area (Å²) in [5, 5.41) is 0. The van der Waals surface area contributed by atoms with Crippen molar-refractivity contribution >= 4 is 23.5 Å². The van der Waals surface area contributed by atoms with E-state index in [2.05, 4.69) is 0 Å². The number of hydrogen-bond acceptors (Lipinski definition) is 4. The fourth-order valence-corrected chi connectivity index (χ4v) is 1.98. The van der Waals surface area contributed by atoms with Crippen LogP contribution in [0.4, 0.5) is 0 Å². The number of thioether (sulfide) groups is 1. The molecule has 1 rings (SSSR count). The van der Waals surface area contributed by atoms with Gasteiger partial charge in [-0.25, -0.2) is 4.79 Å². The third kappa shape index (κ3) is 2.12. The van der Waals surface area contributed by atoms with Crippen LogP contribution in [0.3, 0.4) is 0 Å². The van der Waals surface area contributed by atoms with Gasteiger partial charge >= 0.3 is 5.97 Å². The number of carbonyl (C=O) groups excluding carboxylic acids is 2. The molecule has 0 fully saturated rings. The first-order valence-electron chi connectivity index (χ1n) is 4.18. The van der Waals surface area contributed by atoms with E-state index in [0.717, 1.165) is 4.91 Å². The Labute approximate surface area is 81.5 Å². The molecule has 1 aliphatic rings. The summed E-state index contributed by atoms with van der Waals surface area (Å²) in [6.45, 7) is 2.05. The fourth-order valence-electron chi connectivity index (χ4n) is 1.27. The van der Waals surface area contributed by atoms with E-state index in [1.165, 1.54) is 11.8 Å². The van der Waals surface area contributed by atoms with Crippen molar-refractivity contribution in [3.8, 4) is 0 Å². The highest BCUT2D eigenvalue weighted by Gasteiger charge is 2.29. The van der Waals surface area contributed by atoms with Crippen molar-refractivity contribution in [3.05, 3.63) is 10.5 Å². The van der Waals surface area contributed by atoms with Gasteiger partial charge < -0.3 is 4.74 Å². The quantitative estimate of drug-likeness (QED) is 0.512. The highest BCUT2D eigenvalue weighted by molar-refractivity contribution is 8.02. The first-order chi connectivity index (χ1) is 6.20. The molecule has 0 spiro atoms. The maximum Gasteiger partial charge on any atom is 0.342 e. The molecule has 0 saturated carbocycles. The summed E-state index contributed by atoms with van der Waals surface area (Å²) >= 11 is 1.46. The molecule has 0 heterocycles. The zero-order valence-corrected chi connectivity index (χ0v) is 8.57. The largest absolute Gasteiger partial charge is 0.462 e. The van der Waals surface area contributed by atoms with Crippen LogP contribution in [-0.4, -0.2) is 24.6 Å². The molecule has 0 N–H and O–H groups in total. The number of Topliss-reactive ketones (excluding diaryl/α,β-unsaturated/α-hetero) is 1. The molecule has 0 aliphatic heterocycles. The Bertz CT molecular complexity index is 268. The number of esters is 1. The molecule has 0 amide bonds. The third-order valence-electron chi connectivity index (χ3n) is 1.86. The number of ketones is 1. The topological polar surface area (TPSA) is 43.4 Å². The molecular formula is C9H12O3S. The van der Waals surface area contributed by atoms with E-state index in [9.17, 15) is 9.59 Å². The van der Waals surface area contributed by atoms with Crippen LogP contribution in [0.2, 0.25) is 0 Å². The minimum absolute atomic E-state index is 0.0807.